The Morgan fingerprint density at radius 3 is 2.35 bits per heavy atom. The van der Waals surface area contributed by atoms with Gasteiger partial charge in [0.25, 0.3) is 10.0 Å². The molecule has 136 valence electrons. The Morgan fingerprint density at radius 2 is 1.69 bits per heavy atom. The first-order valence-electron chi connectivity index (χ1n) is 8.01. The van der Waals surface area contributed by atoms with E-state index in [-0.39, 0.29) is 16.5 Å². The molecule has 0 aliphatic rings. The summed E-state index contributed by atoms with van der Waals surface area (Å²) in [6, 6.07) is 10.9. The standard InChI is InChI=1S/C19H20N2O4S/c1-12-5-7-15(8-6-12)16-11-20-25-19(16)21-26(22,23)18-10-14(3)13(2)9-17(18)24-4/h5-11,21H,1-4H3. The molecule has 0 fully saturated rings. The van der Waals surface area contributed by atoms with Gasteiger partial charge in [-0.1, -0.05) is 35.0 Å². The van der Waals surface area contributed by atoms with Crippen molar-refractivity contribution in [2.45, 2.75) is 25.7 Å². The molecule has 0 aliphatic carbocycles. The van der Waals surface area contributed by atoms with Crippen LogP contribution in [0.3, 0.4) is 0 Å². The van der Waals surface area contributed by atoms with Crippen molar-refractivity contribution < 1.29 is 17.7 Å². The van der Waals surface area contributed by atoms with E-state index in [4.69, 9.17) is 9.26 Å². The summed E-state index contributed by atoms with van der Waals surface area (Å²) >= 11 is 0. The third-order valence-electron chi connectivity index (χ3n) is 4.23. The van der Waals surface area contributed by atoms with Gasteiger partial charge in [-0.15, -0.1) is 0 Å². The molecule has 0 unspecified atom stereocenters. The fourth-order valence-electron chi connectivity index (χ4n) is 2.56. The van der Waals surface area contributed by atoms with Gasteiger partial charge in [0.1, 0.15) is 10.6 Å². The van der Waals surface area contributed by atoms with Gasteiger partial charge in [0.15, 0.2) is 0 Å². The second-order valence-corrected chi connectivity index (χ2v) is 7.78. The van der Waals surface area contributed by atoms with Crippen molar-refractivity contribution in [2.75, 3.05) is 11.8 Å². The van der Waals surface area contributed by atoms with Gasteiger partial charge in [-0.05, 0) is 49.6 Å². The lowest BCUT2D eigenvalue weighted by atomic mass is 10.1. The highest BCUT2D eigenvalue weighted by atomic mass is 32.2. The molecular weight excluding hydrogens is 352 g/mol. The molecule has 0 bridgehead atoms. The van der Waals surface area contributed by atoms with Crippen LogP contribution >= 0.6 is 0 Å². The van der Waals surface area contributed by atoms with Crippen LogP contribution in [0.5, 0.6) is 5.75 Å². The van der Waals surface area contributed by atoms with Crippen molar-refractivity contribution in [1.29, 1.82) is 0 Å². The van der Waals surface area contributed by atoms with Crippen LogP contribution in [0.1, 0.15) is 16.7 Å². The summed E-state index contributed by atoms with van der Waals surface area (Å²) in [5.74, 6) is 0.339. The number of nitrogens with zero attached hydrogens (tertiary/aromatic N) is 1. The second kappa shape index (κ2) is 6.84. The van der Waals surface area contributed by atoms with Crippen LogP contribution in [0.25, 0.3) is 11.1 Å². The zero-order valence-corrected chi connectivity index (χ0v) is 15.8. The Hall–Kier alpha value is -2.80. The number of ether oxygens (including phenoxy) is 1. The average Bonchev–Trinajstić information content (AvgIpc) is 3.04. The molecule has 1 aromatic heterocycles. The molecule has 0 amide bonds. The topological polar surface area (TPSA) is 81.4 Å². The molecule has 2 aromatic carbocycles. The maximum atomic E-state index is 12.9. The Kier molecular flexibility index (Phi) is 4.73. The fraction of sp³-hybridized carbons (Fsp3) is 0.211. The van der Waals surface area contributed by atoms with Crippen LogP contribution in [0.15, 0.2) is 52.0 Å². The molecule has 1 heterocycles. The number of benzene rings is 2. The molecule has 3 rings (SSSR count). The van der Waals surface area contributed by atoms with Crippen molar-refractivity contribution in [3.05, 3.63) is 59.3 Å². The van der Waals surface area contributed by atoms with Crippen molar-refractivity contribution in [2.24, 2.45) is 0 Å². The number of hydrogen-bond acceptors (Lipinski definition) is 5. The van der Waals surface area contributed by atoms with E-state index >= 15 is 0 Å². The van der Waals surface area contributed by atoms with E-state index in [1.54, 1.807) is 12.1 Å². The van der Waals surface area contributed by atoms with E-state index in [2.05, 4.69) is 9.88 Å². The molecule has 26 heavy (non-hydrogen) atoms. The summed E-state index contributed by atoms with van der Waals surface area (Å²) in [6.07, 6.45) is 1.49. The predicted octanol–water partition coefficient (Wildman–Crippen LogP) is 4.08. The predicted molar refractivity (Wildman–Crippen MR) is 100.0 cm³/mol. The molecule has 6 nitrogen and oxygen atoms in total. The minimum Gasteiger partial charge on any atom is -0.495 e. The van der Waals surface area contributed by atoms with Crippen LogP contribution in [-0.2, 0) is 10.0 Å². The van der Waals surface area contributed by atoms with Crippen LogP contribution in [0.2, 0.25) is 0 Å². The van der Waals surface area contributed by atoms with Gasteiger partial charge >= 0.3 is 0 Å². The lowest BCUT2D eigenvalue weighted by molar-refractivity contribution is 0.402. The lowest BCUT2D eigenvalue weighted by Crippen LogP contribution is -2.14. The van der Waals surface area contributed by atoms with Gasteiger partial charge in [-0.3, -0.25) is 0 Å². The summed E-state index contributed by atoms with van der Waals surface area (Å²) in [5, 5.41) is 3.74. The SMILES string of the molecule is COc1cc(C)c(C)cc1S(=O)(=O)Nc1oncc1-c1ccc(C)cc1. The molecule has 1 N–H and O–H groups in total. The zero-order valence-electron chi connectivity index (χ0n) is 15.0. The summed E-state index contributed by atoms with van der Waals surface area (Å²) in [4.78, 5) is 0.0503. The Morgan fingerprint density at radius 1 is 1.04 bits per heavy atom. The van der Waals surface area contributed by atoms with Crippen LogP contribution in [0.4, 0.5) is 5.88 Å². The zero-order chi connectivity index (χ0) is 18.9. The average molecular weight is 372 g/mol. The summed E-state index contributed by atoms with van der Waals surface area (Å²) < 4.78 is 38.7. The van der Waals surface area contributed by atoms with Gasteiger partial charge in [-0.25, -0.2) is 13.1 Å². The van der Waals surface area contributed by atoms with E-state index in [0.29, 0.717) is 5.56 Å². The first-order chi connectivity index (χ1) is 12.3. The van der Waals surface area contributed by atoms with Crippen molar-refractivity contribution in [3.8, 4) is 16.9 Å². The van der Waals surface area contributed by atoms with Crippen LogP contribution in [-0.4, -0.2) is 20.7 Å². The van der Waals surface area contributed by atoms with Crippen LogP contribution in [0, 0.1) is 20.8 Å². The number of aromatic nitrogens is 1. The maximum absolute atomic E-state index is 12.9. The van der Waals surface area contributed by atoms with Gasteiger partial charge in [0.05, 0.1) is 18.9 Å². The first-order valence-corrected chi connectivity index (χ1v) is 9.50. The molecule has 0 atom stereocenters. The quantitative estimate of drug-likeness (QED) is 0.730. The fourth-order valence-corrected chi connectivity index (χ4v) is 3.80. The Labute approximate surface area is 152 Å². The van der Waals surface area contributed by atoms with Crippen molar-refractivity contribution in [3.63, 3.8) is 0 Å². The van der Waals surface area contributed by atoms with E-state index in [9.17, 15) is 8.42 Å². The Bertz CT molecular complexity index is 1040. The summed E-state index contributed by atoms with van der Waals surface area (Å²) in [6.45, 7) is 5.72. The number of nitrogens with one attached hydrogen (secondary N) is 1. The van der Waals surface area contributed by atoms with Gasteiger partial charge in [-0.2, -0.15) is 0 Å². The van der Waals surface area contributed by atoms with Crippen LogP contribution < -0.4 is 9.46 Å². The third kappa shape index (κ3) is 3.43. The smallest absolute Gasteiger partial charge is 0.267 e. The summed E-state index contributed by atoms with van der Waals surface area (Å²) in [7, 11) is -2.47. The number of hydrogen-bond donors (Lipinski definition) is 1. The van der Waals surface area contributed by atoms with Crippen molar-refractivity contribution >= 4 is 15.9 Å². The molecule has 0 radical (unpaired) electrons. The van der Waals surface area contributed by atoms with Gasteiger partial charge in [0.2, 0.25) is 5.88 Å². The number of sulfonamides is 1. The number of rotatable bonds is 5. The number of aryl methyl sites for hydroxylation is 3. The number of anilines is 1. The van der Waals surface area contributed by atoms with E-state index < -0.39 is 10.0 Å². The highest BCUT2D eigenvalue weighted by Crippen LogP contribution is 2.33. The van der Waals surface area contributed by atoms with E-state index in [1.165, 1.54) is 13.3 Å². The van der Waals surface area contributed by atoms with E-state index in [0.717, 1.165) is 22.3 Å². The molecule has 0 saturated heterocycles. The molecular formula is C19H20N2O4S. The normalized spacial score (nSPS) is 11.4. The first kappa shape index (κ1) is 18.0. The largest absolute Gasteiger partial charge is 0.495 e. The van der Waals surface area contributed by atoms with E-state index in [1.807, 2.05) is 45.0 Å². The molecule has 7 heteroatoms. The Balaban J connectivity index is 2.01. The van der Waals surface area contributed by atoms with Gasteiger partial charge in [0, 0.05) is 0 Å². The lowest BCUT2D eigenvalue weighted by Gasteiger charge is -2.13. The maximum Gasteiger partial charge on any atom is 0.267 e. The summed E-state index contributed by atoms with van der Waals surface area (Å²) in [5.41, 5.74) is 4.27. The second-order valence-electron chi connectivity index (χ2n) is 6.13. The number of methoxy groups -OCH3 is 1. The third-order valence-corrected chi connectivity index (χ3v) is 5.58. The molecule has 0 spiro atoms. The van der Waals surface area contributed by atoms with Gasteiger partial charge < -0.3 is 9.26 Å². The minimum atomic E-state index is -3.91. The minimum absolute atomic E-state index is 0.0503. The van der Waals surface area contributed by atoms with Crippen molar-refractivity contribution in [1.82, 2.24) is 5.16 Å². The highest BCUT2D eigenvalue weighted by Gasteiger charge is 2.24. The monoisotopic (exact) mass is 372 g/mol. The molecule has 0 aliphatic heterocycles. The molecule has 3 aromatic rings. The highest BCUT2D eigenvalue weighted by molar-refractivity contribution is 7.92. The molecule has 0 saturated carbocycles.